The molecule has 5 rings (SSSR count). The number of piperazine rings is 1. The maximum Gasteiger partial charge on any atom is 0.440 e. The van der Waals surface area contributed by atoms with E-state index >= 15 is 0 Å². The van der Waals surface area contributed by atoms with E-state index in [1.807, 2.05) is 9.58 Å². The molecule has 0 spiro atoms. The van der Waals surface area contributed by atoms with Gasteiger partial charge in [0.1, 0.15) is 5.60 Å². The van der Waals surface area contributed by atoms with Crippen LogP contribution < -0.4 is 14.8 Å². The lowest BCUT2D eigenvalue weighted by Crippen LogP contribution is -2.47. The quantitative estimate of drug-likeness (QED) is 0.268. The minimum Gasteiger partial charge on any atom is -0.446 e. The second-order valence-corrected chi connectivity index (χ2v) is 17.0. The number of fused-ring (bicyclic) bond motifs is 1. The van der Waals surface area contributed by atoms with Gasteiger partial charge in [-0.25, -0.2) is 26.8 Å². The van der Waals surface area contributed by atoms with Crippen molar-refractivity contribution in [1.29, 1.82) is 0 Å². The van der Waals surface area contributed by atoms with Crippen molar-refractivity contribution in [2.45, 2.75) is 51.6 Å². The summed E-state index contributed by atoms with van der Waals surface area (Å²) in [5.74, 6) is 0. The molecule has 0 atom stereocenters. The third-order valence-corrected chi connectivity index (χ3v) is 10.2. The average molecular weight is 776 g/mol. The first-order valence-electron chi connectivity index (χ1n) is 16.2. The van der Waals surface area contributed by atoms with Crippen LogP contribution in [0.1, 0.15) is 37.1 Å². The lowest BCUT2D eigenvalue weighted by atomic mass is 9.98. The Kier molecular flexibility index (Phi) is 11.3. The predicted octanol–water partition coefficient (Wildman–Crippen LogP) is 4.37. The van der Waals surface area contributed by atoms with Crippen LogP contribution >= 0.6 is 11.6 Å². The minimum absolute atomic E-state index is 0.178. The highest BCUT2D eigenvalue weighted by Gasteiger charge is 2.35. The van der Waals surface area contributed by atoms with Gasteiger partial charge in [-0.2, -0.15) is 18.3 Å². The Hall–Kier alpha value is -3.42. The second kappa shape index (κ2) is 14.9. The number of nitrogens with two attached hydrogens (primary N) is 1. The van der Waals surface area contributed by atoms with Gasteiger partial charge in [-0.3, -0.25) is 19.2 Å². The maximum absolute atomic E-state index is 13.3. The molecular weight excluding hydrogens is 735 g/mol. The molecular formula is C32H41ClF3N7O6S2. The van der Waals surface area contributed by atoms with Gasteiger partial charge in [0.05, 0.1) is 33.9 Å². The fourth-order valence-electron chi connectivity index (χ4n) is 6.53. The van der Waals surface area contributed by atoms with Crippen LogP contribution in [-0.4, -0.2) is 99.4 Å². The van der Waals surface area contributed by atoms with Gasteiger partial charge in [0.15, 0.2) is 0 Å². The number of nitrogens with one attached hydrogen (secondary N) is 1. The molecule has 1 fully saturated rings. The number of primary sulfonamides is 1. The molecule has 1 aromatic heterocycles. The van der Waals surface area contributed by atoms with E-state index in [0.717, 1.165) is 55.7 Å². The Morgan fingerprint density at radius 2 is 1.65 bits per heavy atom. The van der Waals surface area contributed by atoms with Crippen molar-refractivity contribution < 1.29 is 39.5 Å². The molecule has 0 saturated carbocycles. The Morgan fingerprint density at radius 3 is 2.25 bits per heavy atom. The first-order valence-corrected chi connectivity index (χ1v) is 20.0. The molecule has 280 valence electrons. The van der Waals surface area contributed by atoms with Crippen molar-refractivity contribution in [1.82, 2.24) is 19.6 Å². The van der Waals surface area contributed by atoms with Crippen molar-refractivity contribution in [3.05, 3.63) is 64.3 Å². The molecule has 3 aromatic rings. The first kappa shape index (κ1) is 38.8. The maximum atomic E-state index is 13.3. The Balaban J connectivity index is 1.28. The number of nitrogens with zero attached hydrogens (tertiary/aromatic N) is 5. The normalized spacial score (nSPS) is 16.6. The summed E-state index contributed by atoms with van der Waals surface area (Å²) < 4.78 is 96.4. The summed E-state index contributed by atoms with van der Waals surface area (Å²) >= 11 is 6.49. The number of rotatable bonds is 11. The molecule has 13 nitrogen and oxygen atoms in total. The largest absolute Gasteiger partial charge is 0.446 e. The van der Waals surface area contributed by atoms with Crippen LogP contribution in [0.15, 0.2) is 42.5 Å². The SMILES string of the molecule is CC(C)(CN1CCc2c(c(-c3ccc(C(F)(F)F)cc3)nn2CCCN2CCN(c3c(Cl)cccc3NS(C)(=O)=O)CC2)C1)OC(=O)S(N)(=O)=O. The van der Waals surface area contributed by atoms with Crippen molar-refractivity contribution in [3.8, 4) is 11.3 Å². The van der Waals surface area contributed by atoms with Gasteiger partial charge in [0.25, 0.3) is 0 Å². The van der Waals surface area contributed by atoms with E-state index in [2.05, 4.69) is 14.5 Å². The summed E-state index contributed by atoms with van der Waals surface area (Å²) in [6.45, 7) is 8.25. The zero-order valence-electron chi connectivity index (χ0n) is 28.4. The number of para-hydroxylation sites is 1. The molecule has 0 aliphatic carbocycles. The number of sulfonamides is 2. The number of alkyl halides is 3. The van der Waals surface area contributed by atoms with Gasteiger partial charge < -0.3 is 9.64 Å². The molecule has 0 bridgehead atoms. The number of ether oxygens (including phenoxy) is 1. The summed E-state index contributed by atoms with van der Waals surface area (Å²) in [5.41, 5.74) is 1.97. The average Bonchev–Trinajstić information content (AvgIpc) is 3.37. The monoisotopic (exact) mass is 775 g/mol. The van der Waals surface area contributed by atoms with E-state index < -0.39 is 42.7 Å². The molecule has 19 heteroatoms. The van der Waals surface area contributed by atoms with Gasteiger partial charge in [-0.05, 0) is 44.5 Å². The number of halogens is 4. The smallest absolute Gasteiger partial charge is 0.440 e. The number of carbonyl (C=O) groups excluding carboxylic acids is 1. The van der Waals surface area contributed by atoms with Gasteiger partial charge in [0, 0.05) is 82.1 Å². The number of benzene rings is 2. The van der Waals surface area contributed by atoms with Crippen LogP contribution in [0, 0.1) is 0 Å². The number of hydrogen-bond donors (Lipinski definition) is 2. The minimum atomic E-state index is -4.53. The fraction of sp³-hybridized carbons (Fsp3) is 0.500. The van der Waals surface area contributed by atoms with Crippen LogP contribution in [0.25, 0.3) is 11.3 Å². The predicted molar refractivity (Wildman–Crippen MR) is 189 cm³/mol. The van der Waals surface area contributed by atoms with Crippen LogP contribution in [0.4, 0.5) is 29.3 Å². The van der Waals surface area contributed by atoms with E-state index in [1.54, 1.807) is 32.0 Å². The highest BCUT2D eigenvalue weighted by atomic mass is 35.5. The van der Waals surface area contributed by atoms with E-state index in [0.29, 0.717) is 66.8 Å². The van der Waals surface area contributed by atoms with Crippen LogP contribution in [0.5, 0.6) is 0 Å². The molecule has 1 saturated heterocycles. The summed E-state index contributed by atoms with van der Waals surface area (Å²) in [6, 6.07) is 9.97. The lowest BCUT2D eigenvalue weighted by Gasteiger charge is -2.37. The Labute approximate surface area is 300 Å². The molecule has 2 aliphatic heterocycles. The zero-order valence-corrected chi connectivity index (χ0v) is 30.8. The highest BCUT2D eigenvalue weighted by molar-refractivity contribution is 8.03. The number of aromatic nitrogens is 2. The number of aryl methyl sites for hydroxylation is 1. The molecule has 2 aliphatic rings. The molecule has 0 unspecified atom stereocenters. The second-order valence-electron chi connectivity index (χ2n) is 13.4. The zero-order chi connectivity index (χ0) is 37.4. The number of carbonyl (C=O) groups is 1. The molecule has 3 N–H and O–H groups in total. The summed E-state index contributed by atoms with van der Waals surface area (Å²) in [4.78, 5) is 18.3. The number of hydrogen-bond acceptors (Lipinski definition) is 10. The lowest BCUT2D eigenvalue weighted by molar-refractivity contribution is -0.137. The fourth-order valence-corrected chi connectivity index (χ4v) is 7.73. The third-order valence-electron chi connectivity index (χ3n) is 8.71. The first-order chi connectivity index (χ1) is 23.7. The van der Waals surface area contributed by atoms with Crippen molar-refractivity contribution in [2.24, 2.45) is 5.14 Å². The third kappa shape index (κ3) is 9.92. The van der Waals surface area contributed by atoms with Crippen LogP contribution in [-0.2, 0) is 50.5 Å². The van der Waals surface area contributed by atoms with Crippen molar-refractivity contribution >= 4 is 48.3 Å². The van der Waals surface area contributed by atoms with E-state index in [9.17, 15) is 34.8 Å². The number of anilines is 2. The topological polar surface area (TPSA) is 160 Å². The van der Waals surface area contributed by atoms with E-state index in [-0.39, 0.29) is 6.54 Å². The van der Waals surface area contributed by atoms with Gasteiger partial charge in [-0.15, -0.1) is 0 Å². The standard InChI is InChI=1S/C32H41ClF3N7O6S2/c1-31(2,49-30(44)51(37,47)48)21-41-15-12-27-24(20-41)28(22-8-10-23(11-9-22)32(34,35)36)38-43(27)14-5-13-40-16-18-42(19-17-40)29-25(33)6-4-7-26(29)39-50(3,45)46/h4,6-11,39H,5,12-21H2,1-3H3,(H2,37,47,48). The van der Waals surface area contributed by atoms with E-state index in [4.69, 9.17) is 26.6 Å². The van der Waals surface area contributed by atoms with Gasteiger partial charge in [-0.1, -0.05) is 29.8 Å². The Bertz CT molecular complexity index is 1970. The summed E-state index contributed by atoms with van der Waals surface area (Å²) in [7, 11) is -8.03. The molecule has 3 heterocycles. The molecule has 51 heavy (non-hydrogen) atoms. The molecule has 2 aromatic carbocycles. The molecule has 0 amide bonds. The van der Waals surface area contributed by atoms with Crippen LogP contribution in [0.3, 0.4) is 0 Å². The van der Waals surface area contributed by atoms with Gasteiger partial charge >= 0.3 is 21.5 Å². The van der Waals surface area contributed by atoms with Gasteiger partial charge in [0.2, 0.25) is 10.0 Å². The van der Waals surface area contributed by atoms with Crippen LogP contribution in [0.2, 0.25) is 5.02 Å². The summed E-state index contributed by atoms with van der Waals surface area (Å²) in [5, 5.41) is 8.73. The molecule has 0 radical (unpaired) electrons. The van der Waals surface area contributed by atoms with Crippen molar-refractivity contribution in [3.63, 3.8) is 0 Å². The van der Waals surface area contributed by atoms with E-state index in [1.165, 1.54) is 12.1 Å². The summed E-state index contributed by atoms with van der Waals surface area (Å²) in [6.07, 6.45) is -2.09. The highest BCUT2D eigenvalue weighted by Crippen LogP contribution is 2.36. The Morgan fingerprint density at radius 1 is 0.980 bits per heavy atom. The van der Waals surface area contributed by atoms with Crippen molar-refractivity contribution in [2.75, 3.05) is 61.7 Å².